The molecule has 12 rings (SSSR count). The van der Waals surface area contributed by atoms with Gasteiger partial charge in [0.25, 0.3) is 0 Å². The maximum atomic E-state index is 6.68. The van der Waals surface area contributed by atoms with Crippen LogP contribution in [0.3, 0.4) is 0 Å². The molecule has 4 aromatic heterocycles. The lowest BCUT2D eigenvalue weighted by atomic mass is 9.93. The second kappa shape index (κ2) is 10.6. The Kier molecular flexibility index (Phi) is 5.80. The second-order valence-corrected chi connectivity index (χ2v) is 14.4. The van der Waals surface area contributed by atoms with Gasteiger partial charge >= 0.3 is 0 Å². The van der Waals surface area contributed by atoms with Crippen molar-refractivity contribution >= 4 is 93.2 Å². The van der Waals surface area contributed by atoms with Crippen LogP contribution in [-0.4, -0.2) is 19.4 Å². The number of aromatic nitrogens is 4. The molecule has 4 nitrogen and oxygen atoms in total. The maximum Gasteiger partial charge on any atom is 0.223 e. The van der Waals surface area contributed by atoms with Gasteiger partial charge in [-0.05, 0) is 87.6 Å². The minimum Gasteiger partial charge on any atom is -0.354 e. The molecule has 0 saturated carbocycles. The largest absolute Gasteiger partial charge is 0.354 e. The lowest BCUT2D eigenvalue weighted by Crippen LogP contribution is -1.93. The number of rotatable bonds is 3. The molecule has 0 saturated heterocycles. The Morgan fingerprint density at radius 1 is 0.472 bits per heavy atom. The van der Waals surface area contributed by atoms with E-state index >= 15 is 0 Å². The van der Waals surface area contributed by atoms with Crippen molar-refractivity contribution in [3.8, 4) is 33.5 Å². The molecule has 5 heteroatoms. The molecule has 0 aliphatic rings. The number of hydrogen-bond acceptors (Lipinski definition) is 2. The minimum atomic E-state index is 0.229. The highest BCUT2D eigenvalue weighted by Gasteiger charge is 2.23. The number of fused-ring (bicyclic) bond motifs is 12. The van der Waals surface area contributed by atoms with Crippen molar-refractivity contribution in [3.63, 3.8) is 0 Å². The van der Waals surface area contributed by atoms with E-state index in [9.17, 15) is 0 Å². The van der Waals surface area contributed by atoms with Crippen molar-refractivity contribution in [2.75, 3.05) is 0 Å². The fourth-order valence-corrected chi connectivity index (χ4v) is 9.03. The van der Waals surface area contributed by atoms with E-state index in [1.807, 2.05) is 0 Å². The van der Waals surface area contributed by atoms with E-state index in [1.54, 1.807) is 0 Å². The van der Waals surface area contributed by atoms with E-state index in [1.165, 1.54) is 59.8 Å². The van der Waals surface area contributed by atoms with Gasteiger partial charge in [-0.3, -0.25) is 0 Å². The number of H-pyrrole nitrogens is 1. The SMILES string of the molecule is Clc1nc(-c2ccc3ccccc3c2)c2ccc(-c3cc(-c4ccccc4)cc4c3[nH]c3cc5c6ccccc6n6c7ccccc7c(c34)c56)cc2n1. The molecule has 0 aliphatic heterocycles. The quantitative estimate of drug-likeness (QED) is 0.187. The third-order valence-corrected chi connectivity index (χ3v) is 11.3. The summed E-state index contributed by atoms with van der Waals surface area (Å²) >= 11 is 6.68. The smallest absolute Gasteiger partial charge is 0.223 e. The van der Waals surface area contributed by atoms with Gasteiger partial charge in [0.05, 0.1) is 33.3 Å². The van der Waals surface area contributed by atoms with Crippen LogP contribution < -0.4 is 0 Å². The molecule has 0 unspecified atom stereocenters. The Morgan fingerprint density at radius 2 is 1.21 bits per heavy atom. The van der Waals surface area contributed by atoms with Gasteiger partial charge in [-0.25, -0.2) is 9.97 Å². The number of para-hydroxylation sites is 2. The molecule has 0 fully saturated rings. The van der Waals surface area contributed by atoms with Crippen LogP contribution in [0.15, 0.2) is 158 Å². The van der Waals surface area contributed by atoms with Crippen LogP contribution in [0.2, 0.25) is 5.28 Å². The number of halogens is 1. The Morgan fingerprint density at radius 3 is 2.08 bits per heavy atom. The van der Waals surface area contributed by atoms with Gasteiger partial charge in [0.2, 0.25) is 5.28 Å². The third kappa shape index (κ3) is 4.07. The first-order chi connectivity index (χ1) is 26.2. The molecule has 4 heterocycles. The number of nitrogens with one attached hydrogen (secondary N) is 1. The van der Waals surface area contributed by atoms with Crippen molar-refractivity contribution in [2.24, 2.45) is 0 Å². The molecule has 53 heavy (non-hydrogen) atoms. The van der Waals surface area contributed by atoms with Gasteiger partial charge in [-0.15, -0.1) is 0 Å². The average molecular weight is 695 g/mol. The van der Waals surface area contributed by atoms with Gasteiger partial charge < -0.3 is 9.38 Å². The van der Waals surface area contributed by atoms with Gasteiger partial charge in [0.15, 0.2) is 0 Å². The zero-order valence-corrected chi connectivity index (χ0v) is 29.0. The van der Waals surface area contributed by atoms with Crippen LogP contribution in [0.1, 0.15) is 0 Å². The summed E-state index contributed by atoms with van der Waals surface area (Å²) in [4.78, 5) is 13.5. The Hall–Kier alpha value is -6.75. The van der Waals surface area contributed by atoms with Crippen molar-refractivity contribution in [3.05, 3.63) is 163 Å². The van der Waals surface area contributed by atoms with Gasteiger partial charge in [0.1, 0.15) is 0 Å². The first-order valence-electron chi connectivity index (χ1n) is 17.9. The summed E-state index contributed by atoms with van der Waals surface area (Å²) in [7, 11) is 0. The molecule has 0 bridgehead atoms. The van der Waals surface area contributed by atoms with Gasteiger partial charge in [-0.2, -0.15) is 0 Å². The summed E-state index contributed by atoms with van der Waals surface area (Å²) in [5, 5.41) is 11.0. The monoisotopic (exact) mass is 694 g/mol. The molecule has 0 amide bonds. The standard InChI is InChI=1S/C48H27ClN4/c49-48-51-39-25-30(20-21-34(39)45(52-48)31-19-18-28-12-4-5-13-29(28)22-31)36-23-32(27-10-2-1-3-11-27)24-38-43-40(50-46(36)38)26-37-33-14-6-8-16-41(33)53-42-17-9-7-15-35(42)44(43)47(37)53/h1-26,50H. The van der Waals surface area contributed by atoms with Crippen molar-refractivity contribution in [1.29, 1.82) is 0 Å². The minimum absolute atomic E-state index is 0.229. The third-order valence-electron chi connectivity index (χ3n) is 11.2. The first kappa shape index (κ1) is 28.9. The molecule has 8 aromatic carbocycles. The van der Waals surface area contributed by atoms with Crippen molar-refractivity contribution in [1.82, 2.24) is 19.4 Å². The van der Waals surface area contributed by atoms with Crippen molar-refractivity contribution < 1.29 is 0 Å². The number of hydrogen-bond donors (Lipinski definition) is 1. The normalized spacial score (nSPS) is 12.2. The second-order valence-electron chi connectivity index (χ2n) is 14.0. The van der Waals surface area contributed by atoms with E-state index in [0.717, 1.165) is 55.3 Å². The first-order valence-corrected chi connectivity index (χ1v) is 18.2. The van der Waals surface area contributed by atoms with Crippen LogP contribution in [0, 0.1) is 0 Å². The lowest BCUT2D eigenvalue weighted by molar-refractivity contribution is 1.23. The van der Waals surface area contributed by atoms with Gasteiger partial charge in [-0.1, -0.05) is 109 Å². The molecule has 1 N–H and O–H groups in total. The highest BCUT2D eigenvalue weighted by Crippen LogP contribution is 2.47. The lowest BCUT2D eigenvalue weighted by Gasteiger charge is -2.12. The molecular weight excluding hydrogens is 668 g/mol. The number of benzene rings is 8. The van der Waals surface area contributed by atoms with Crippen LogP contribution in [-0.2, 0) is 0 Å². The Bertz CT molecular complexity index is 3470. The maximum absolute atomic E-state index is 6.68. The summed E-state index contributed by atoms with van der Waals surface area (Å²) in [5.41, 5.74) is 13.1. The van der Waals surface area contributed by atoms with Crippen LogP contribution >= 0.6 is 11.6 Å². The highest BCUT2D eigenvalue weighted by molar-refractivity contribution is 6.36. The van der Waals surface area contributed by atoms with Crippen LogP contribution in [0.4, 0.5) is 0 Å². The Labute approximate surface area is 307 Å². The summed E-state index contributed by atoms with van der Waals surface area (Å²) in [6.07, 6.45) is 0. The van der Waals surface area contributed by atoms with E-state index in [2.05, 4.69) is 167 Å². The fourth-order valence-electron chi connectivity index (χ4n) is 8.86. The van der Waals surface area contributed by atoms with E-state index in [4.69, 9.17) is 21.6 Å². The summed E-state index contributed by atoms with van der Waals surface area (Å²) < 4.78 is 2.45. The Balaban J connectivity index is 1.17. The molecule has 0 aliphatic carbocycles. The van der Waals surface area contributed by atoms with E-state index < -0.39 is 0 Å². The topological polar surface area (TPSA) is 46.0 Å². The molecule has 246 valence electrons. The molecule has 0 atom stereocenters. The predicted octanol–water partition coefficient (Wildman–Crippen LogP) is 13.2. The van der Waals surface area contributed by atoms with Crippen LogP contribution in [0.5, 0.6) is 0 Å². The molecule has 0 spiro atoms. The number of nitrogens with zero attached hydrogens (tertiary/aromatic N) is 3. The molecule has 0 radical (unpaired) electrons. The zero-order valence-electron chi connectivity index (χ0n) is 28.2. The number of aromatic amines is 1. The average Bonchev–Trinajstić information content (AvgIpc) is 3.86. The molecule has 12 aromatic rings. The van der Waals surface area contributed by atoms with E-state index in [-0.39, 0.29) is 5.28 Å². The summed E-state index contributed by atoms with van der Waals surface area (Å²) in [6, 6.07) is 56.6. The van der Waals surface area contributed by atoms with Crippen molar-refractivity contribution in [2.45, 2.75) is 0 Å². The fraction of sp³-hybridized carbons (Fsp3) is 0. The zero-order chi connectivity index (χ0) is 34.8. The van der Waals surface area contributed by atoms with E-state index in [0.29, 0.717) is 0 Å². The summed E-state index contributed by atoms with van der Waals surface area (Å²) in [6.45, 7) is 0. The van der Waals surface area contributed by atoms with Crippen LogP contribution in [0.25, 0.3) is 115 Å². The summed E-state index contributed by atoms with van der Waals surface area (Å²) in [5.74, 6) is 0. The molecular formula is C48H27ClN4. The van der Waals surface area contributed by atoms with Gasteiger partial charge in [0, 0.05) is 54.3 Å². The highest BCUT2D eigenvalue weighted by atomic mass is 35.5. The predicted molar refractivity (Wildman–Crippen MR) is 222 cm³/mol.